The molecule has 0 aromatic rings. The van der Waals surface area contributed by atoms with Crippen LogP contribution in [0.3, 0.4) is 0 Å². The summed E-state index contributed by atoms with van der Waals surface area (Å²) >= 11 is 0. The third kappa shape index (κ3) is 2.80. The smallest absolute Gasteiger partial charge is 0.248 e. The minimum absolute atomic E-state index is 0.0131. The van der Waals surface area contributed by atoms with Crippen molar-refractivity contribution < 1.29 is 14.3 Å². The summed E-state index contributed by atoms with van der Waals surface area (Å²) in [5, 5.41) is 3.03. The molecule has 2 heterocycles. The van der Waals surface area contributed by atoms with Gasteiger partial charge in [-0.15, -0.1) is 0 Å². The molecular weight excluding hydrogens is 268 g/mol. The zero-order valence-electron chi connectivity index (χ0n) is 12.9. The summed E-state index contributed by atoms with van der Waals surface area (Å²) in [4.78, 5) is 27.1. The van der Waals surface area contributed by atoms with E-state index in [0.29, 0.717) is 12.5 Å². The molecule has 1 saturated carbocycles. The number of rotatable bonds is 3. The van der Waals surface area contributed by atoms with Gasteiger partial charge in [0, 0.05) is 19.8 Å². The summed E-state index contributed by atoms with van der Waals surface area (Å²) < 4.78 is 5.40. The Morgan fingerprint density at radius 1 is 1.29 bits per heavy atom. The number of nitrogens with zero attached hydrogens (tertiary/aromatic N) is 1. The Morgan fingerprint density at radius 3 is 2.71 bits per heavy atom. The van der Waals surface area contributed by atoms with Crippen molar-refractivity contribution in [2.24, 2.45) is 5.92 Å². The average molecular weight is 294 g/mol. The third-order valence-electron chi connectivity index (χ3n) is 5.39. The molecule has 2 saturated heterocycles. The third-order valence-corrected chi connectivity index (χ3v) is 5.39. The van der Waals surface area contributed by atoms with Crippen molar-refractivity contribution in [1.29, 1.82) is 0 Å². The van der Waals surface area contributed by atoms with Gasteiger partial charge in [-0.3, -0.25) is 9.59 Å². The lowest BCUT2D eigenvalue weighted by atomic mass is 9.78. The van der Waals surface area contributed by atoms with Gasteiger partial charge < -0.3 is 15.0 Å². The number of carbonyl (C=O) groups excluding carboxylic acids is 2. The fourth-order valence-electron chi connectivity index (χ4n) is 3.91. The highest BCUT2D eigenvalue weighted by molar-refractivity contribution is 5.99. The SMILES string of the molecule is CC1C(=O)NC2(CCCCC2)C(=O)N1CCC1CCOC1. The zero-order chi connectivity index (χ0) is 14.9. The van der Waals surface area contributed by atoms with Crippen molar-refractivity contribution in [3.05, 3.63) is 0 Å². The molecule has 0 aromatic carbocycles. The Bertz CT molecular complexity index is 412. The van der Waals surface area contributed by atoms with Crippen molar-refractivity contribution in [2.45, 2.75) is 63.5 Å². The Labute approximate surface area is 126 Å². The predicted octanol–water partition coefficient (Wildman–Crippen LogP) is 1.46. The standard InChI is InChI=1S/C16H26N2O3/c1-12-14(19)17-16(7-3-2-4-8-16)15(20)18(12)9-5-13-6-10-21-11-13/h12-13H,2-11H2,1H3,(H,17,19). The van der Waals surface area contributed by atoms with Gasteiger partial charge in [-0.1, -0.05) is 19.3 Å². The van der Waals surface area contributed by atoms with Gasteiger partial charge in [0.2, 0.25) is 11.8 Å². The predicted molar refractivity (Wildman–Crippen MR) is 78.7 cm³/mol. The van der Waals surface area contributed by atoms with Crippen LogP contribution < -0.4 is 5.32 Å². The van der Waals surface area contributed by atoms with E-state index in [-0.39, 0.29) is 17.9 Å². The van der Waals surface area contributed by atoms with Crippen LogP contribution >= 0.6 is 0 Å². The molecule has 1 N–H and O–H groups in total. The van der Waals surface area contributed by atoms with E-state index < -0.39 is 5.54 Å². The number of piperazine rings is 1. The maximum Gasteiger partial charge on any atom is 0.248 e. The van der Waals surface area contributed by atoms with Crippen LogP contribution in [0.1, 0.15) is 51.9 Å². The summed E-state index contributed by atoms with van der Waals surface area (Å²) in [5.74, 6) is 0.699. The van der Waals surface area contributed by atoms with Crippen molar-refractivity contribution in [2.75, 3.05) is 19.8 Å². The molecule has 5 nitrogen and oxygen atoms in total. The molecule has 0 bridgehead atoms. The molecule has 5 heteroatoms. The van der Waals surface area contributed by atoms with Crippen molar-refractivity contribution in [1.82, 2.24) is 10.2 Å². The molecule has 2 aliphatic heterocycles. The fourth-order valence-corrected chi connectivity index (χ4v) is 3.91. The minimum Gasteiger partial charge on any atom is -0.381 e. The number of hydrogen-bond donors (Lipinski definition) is 1. The van der Waals surface area contributed by atoms with Crippen LogP contribution in [0.5, 0.6) is 0 Å². The Hall–Kier alpha value is -1.10. The highest BCUT2D eigenvalue weighted by Crippen LogP contribution is 2.33. The molecular formula is C16H26N2O3. The second-order valence-electron chi connectivity index (χ2n) is 6.82. The molecule has 2 atom stereocenters. The molecule has 21 heavy (non-hydrogen) atoms. The van der Waals surface area contributed by atoms with E-state index in [2.05, 4.69) is 5.32 Å². The summed E-state index contributed by atoms with van der Waals surface area (Å²) in [6, 6.07) is -0.340. The second kappa shape index (κ2) is 5.95. The number of ether oxygens (including phenoxy) is 1. The molecule has 1 spiro atoms. The van der Waals surface area contributed by atoms with Gasteiger partial charge in [0.1, 0.15) is 11.6 Å². The number of nitrogens with one attached hydrogen (secondary N) is 1. The highest BCUT2D eigenvalue weighted by Gasteiger charge is 2.49. The molecule has 1 aliphatic carbocycles. The van der Waals surface area contributed by atoms with E-state index in [1.54, 1.807) is 0 Å². The van der Waals surface area contributed by atoms with Crippen molar-refractivity contribution in [3.63, 3.8) is 0 Å². The highest BCUT2D eigenvalue weighted by atomic mass is 16.5. The summed E-state index contributed by atoms with van der Waals surface area (Å²) in [7, 11) is 0. The first-order chi connectivity index (χ1) is 10.1. The van der Waals surface area contributed by atoms with Gasteiger partial charge in [0.05, 0.1) is 0 Å². The monoisotopic (exact) mass is 294 g/mol. The largest absolute Gasteiger partial charge is 0.381 e. The Kier molecular flexibility index (Phi) is 4.20. The number of amides is 2. The van der Waals surface area contributed by atoms with Crippen LogP contribution in [0.4, 0.5) is 0 Å². The van der Waals surface area contributed by atoms with Gasteiger partial charge in [0.15, 0.2) is 0 Å². The normalized spacial score (nSPS) is 32.5. The van der Waals surface area contributed by atoms with Crippen LogP contribution in [0, 0.1) is 5.92 Å². The lowest BCUT2D eigenvalue weighted by Crippen LogP contribution is -2.70. The van der Waals surface area contributed by atoms with Gasteiger partial charge in [-0.25, -0.2) is 0 Å². The summed E-state index contributed by atoms with van der Waals surface area (Å²) in [6.07, 6.45) is 6.85. The van der Waals surface area contributed by atoms with E-state index in [9.17, 15) is 9.59 Å². The van der Waals surface area contributed by atoms with E-state index in [1.807, 2.05) is 11.8 Å². The molecule has 3 rings (SSSR count). The molecule has 118 valence electrons. The number of carbonyl (C=O) groups is 2. The van der Waals surface area contributed by atoms with Crippen LogP contribution in [0.2, 0.25) is 0 Å². The maximum atomic E-state index is 12.9. The lowest BCUT2D eigenvalue weighted by molar-refractivity contribution is -0.156. The first-order valence-electron chi connectivity index (χ1n) is 8.33. The average Bonchev–Trinajstić information content (AvgIpc) is 3.00. The second-order valence-corrected chi connectivity index (χ2v) is 6.82. The molecule has 3 fully saturated rings. The minimum atomic E-state index is -0.603. The van der Waals surface area contributed by atoms with Crippen LogP contribution in [-0.4, -0.2) is 48.1 Å². The first kappa shape index (κ1) is 14.8. The van der Waals surface area contributed by atoms with E-state index >= 15 is 0 Å². The van der Waals surface area contributed by atoms with E-state index in [0.717, 1.165) is 51.7 Å². The van der Waals surface area contributed by atoms with Crippen LogP contribution in [0.25, 0.3) is 0 Å². The quantitative estimate of drug-likeness (QED) is 0.857. The zero-order valence-corrected chi connectivity index (χ0v) is 12.9. The molecule has 3 aliphatic rings. The fraction of sp³-hybridized carbons (Fsp3) is 0.875. The van der Waals surface area contributed by atoms with Gasteiger partial charge in [-0.05, 0) is 38.5 Å². The van der Waals surface area contributed by atoms with Gasteiger partial charge in [0.25, 0.3) is 0 Å². The maximum absolute atomic E-state index is 12.9. The van der Waals surface area contributed by atoms with Crippen molar-refractivity contribution >= 4 is 11.8 Å². The summed E-state index contributed by atoms with van der Waals surface area (Å²) in [5.41, 5.74) is -0.603. The topological polar surface area (TPSA) is 58.6 Å². The molecule has 2 amide bonds. The van der Waals surface area contributed by atoms with Crippen molar-refractivity contribution in [3.8, 4) is 0 Å². The molecule has 0 aromatic heterocycles. The summed E-state index contributed by atoms with van der Waals surface area (Å²) in [6.45, 7) is 4.16. The lowest BCUT2D eigenvalue weighted by Gasteiger charge is -2.47. The van der Waals surface area contributed by atoms with Gasteiger partial charge >= 0.3 is 0 Å². The Morgan fingerprint density at radius 2 is 2.05 bits per heavy atom. The van der Waals surface area contributed by atoms with E-state index in [4.69, 9.17) is 4.74 Å². The van der Waals surface area contributed by atoms with E-state index in [1.165, 1.54) is 6.42 Å². The van der Waals surface area contributed by atoms with Gasteiger partial charge in [-0.2, -0.15) is 0 Å². The van der Waals surface area contributed by atoms with Crippen LogP contribution in [-0.2, 0) is 14.3 Å². The molecule has 2 unspecified atom stereocenters. The van der Waals surface area contributed by atoms with Crippen LogP contribution in [0.15, 0.2) is 0 Å². The first-order valence-corrected chi connectivity index (χ1v) is 8.33. The number of hydrogen-bond acceptors (Lipinski definition) is 3. The molecule has 0 radical (unpaired) electrons. The Balaban J connectivity index is 1.70.